The molecule has 1 unspecified atom stereocenters. The lowest BCUT2D eigenvalue weighted by molar-refractivity contribution is 0.351. The molecule has 1 atom stereocenters. The van der Waals surface area contributed by atoms with E-state index < -0.39 is 0 Å². The number of nitrogens with zero attached hydrogens (tertiary/aromatic N) is 2. The molecular weight excluding hydrogens is 222 g/mol. The maximum absolute atomic E-state index is 5.58. The van der Waals surface area contributed by atoms with E-state index in [1.54, 1.807) is 0 Å². The molecule has 0 bridgehead atoms. The number of nitrogens with two attached hydrogens (primary N) is 1. The highest BCUT2D eigenvalue weighted by molar-refractivity contribution is 5.44. The molecule has 1 aliphatic heterocycles. The van der Waals surface area contributed by atoms with Crippen LogP contribution in [0, 0.1) is 11.8 Å². The third-order valence-corrected chi connectivity index (χ3v) is 4.10. The van der Waals surface area contributed by atoms with Crippen molar-refractivity contribution in [2.45, 2.75) is 39.7 Å². The molecule has 1 aromatic heterocycles. The molecule has 0 aromatic carbocycles. The Morgan fingerprint density at radius 3 is 2.78 bits per heavy atom. The average molecular weight is 247 g/mol. The van der Waals surface area contributed by atoms with Gasteiger partial charge in [0.1, 0.15) is 0 Å². The van der Waals surface area contributed by atoms with Crippen LogP contribution in [0.3, 0.4) is 0 Å². The summed E-state index contributed by atoms with van der Waals surface area (Å²) in [5.74, 6) is 1.69. The van der Waals surface area contributed by atoms with E-state index in [1.807, 2.05) is 12.3 Å². The molecule has 2 N–H and O–H groups in total. The van der Waals surface area contributed by atoms with Crippen molar-refractivity contribution in [3.63, 3.8) is 0 Å². The van der Waals surface area contributed by atoms with Crippen LogP contribution < -0.4 is 10.6 Å². The Hall–Kier alpha value is -1.09. The topological polar surface area (TPSA) is 42.1 Å². The van der Waals surface area contributed by atoms with Crippen LogP contribution in [0.1, 0.15) is 38.8 Å². The van der Waals surface area contributed by atoms with E-state index in [0.29, 0.717) is 6.54 Å². The predicted molar refractivity (Wildman–Crippen MR) is 76.5 cm³/mol. The summed E-state index contributed by atoms with van der Waals surface area (Å²) in [7, 11) is 0. The highest BCUT2D eigenvalue weighted by atomic mass is 15.1. The molecule has 0 spiro atoms. The molecule has 0 amide bonds. The molecule has 0 saturated carbocycles. The van der Waals surface area contributed by atoms with Crippen LogP contribution in [0.2, 0.25) is 0 Å². The molecule has 3 nitrogen and oxygen atoms in total. The van der Waals surface area contributed by atoms with E-state index in [1.165, 1.54) is 24.9 Å². The molecule has 0 radical (unpaired) electrons. The first-order valence-electron chi connectivity index (χ1n) is 7.10. The van der Waals surface area contributed by atoms with E-state index in [4.69, 9.17) is 5.73 Å². The molecule has 1 aromatic rings. The first-order valence-corrected chi connectivity index (χ1v) is 7.10. The number of rotatable bonds is 3. The molecule has 3 heteroatoms. The van der Waals surface area contributed by atoms with Crippen LogP contribution in [-0.4, -0.2) is 18.1 Å². The third-order valence-electron chi connectivity index (χ3n) is 4.10. The van der Waals surface area contributed by atoms with E-state index in [-0.39, 0.29) is 0 Å². The zero-order valence-electron chi connectivity index (χ0n) is 11.6. The van der Waals surface area contributed by atoms with Crippen molar-refractivity contribution in [2.75, 3.05) is 18.0 Å². The number of hydrogen-bond donors (Lipinski definition) is 1. The number of anilines is 1. The van der Waals surface area contributed by atoms with Crippen LogP contribution >= 0.6 is 0 Å². The second-order valence-electron chi connectivity index (χ2n) is 5.63. The second kappa shape index (κ2) is 6.19. The summed E-state index contributed by atoms with van der Waals surface area (Å²) in [5, 5.41) is 0. The largest absolute Gasteiger partial charge is 0.370 e. The fraction of sp³-hybridized carbons (Fsp3) is 0.667. The molecule has 18 heavy (non-hydrogen) atoms. The van der Waals surface area contributed by atoms with Crippen LogP contribution in [0.5, 0.6) is 0 Å². The van der Waals surface area contributed by atoms with Crippen LogP contribution in [-0.2, 0) is 6.54 Å². The maximum Gasteiger partial charge on any atom is 0.0552 e. The van der Waals surface area contributed by atoms with Crippen molar-refractivity contribution < 1.29 is 0 Å². The predicted octanol–water partition coefficient (Wildman–Crippen LogP) is 2.80. The standard InChI is InChI=1S/C15H25N3/c1-12(2)13-4-3-8-18(9-7-13)15-6-5-14(10-16)17-11-15/h5-6,11-13H,3-4,7-10,16H2,1-2H3. The maximum atomic E-state index is 5.58. The summed E-state index contributed by atoms with van der Waals surface area (Å²) in [6.07, 6.45) is 5.93. The fourth-order valence-electron chi connectivity index (χ4n) is 2.77. The summed E-state index contributed by atoms with van der Waals surface area (Å²) in [6.45, 7) is 7.53. The Morgan fingerprint density at radius 1 is 1.33 bits per heavy atom. The van der Waals surface area contributed by atoms with Crippen molar-refractivity contribution >= 4 is 5.69 Å². The summed E-state index contributed by atoms with van der Waals surface area (Å²) in [6, 6.07) is 4.20. The van der Waals surface area contributed by atoms with Crippen LogP contribution in [0.25, 0.3) is 0 Å². The van der Waals surface area contributed by atoms with Gasteiger partial charge in [-0.15, -0.1) is 0 Å². The molecule has 2 heterocycles. The molecule has 1 aliphatic rings. The van der Waals surface area contributed by atoms with Gasteiger partial charge in [0.05, 0.1) is 17.6 Å². The van der Waals surface area contributed by atoms with Gasteiger partial charge in [0.2, 0.25) is 0 Å². The highest BCUT2D eigenvalue weighted by Crippen LogP contribution is 2.26. The Morgan fingerprint density at radius 2 is 2.17 bits per heavy atom. The molecule has 1 fully saturated rings. The normalized spacial score (nSPS) is 21.1. The van der Waals surface area contributed by atoms with Gasteiger partial charge in [-0.25, -0.2) is 0 Å². The van der Waals surface area contributed by atoms with Crippen molar-refractivity contribution in [3.05, 3.63) is 24.0 Å². The zero-order valence-corrected chi connectivity index (χ0v) is 11.6. The quantitative estimate of drug-likeness (QED) is 0.893. The third kappa shape index (κ3) is 3.22. The molecular formula is C15H25N3. The molecule has 0 aliphatic carbocycles. The van der Waals surface area contributed by atoms with Gasteiger partial charge in [-0.1, -0.05) is 13.8 Å². The Bertz CT molecular complexity index is 359. The number of pyridine rings is 1. The number of aromatic nitrogens is 1. The first kappa shape index (κ1) is 13.3. The van der Waals surface area contributed by atoms with Gasteiger partial charge in [0.15, 0.2) is 0 Å². The van der Waals surface area contributed by atoms with Gasteiger partial charge in [0.25, 0.3) is 0 Å². The van der Waals surface area contributed by atoms with Crippen LogP contribution in [0.4, 0.5) is 5.69 Å². The Balaban J connectivity index is 2.00. The lowest BCUT2D eigenvalue weighted by Crippen LogP contribution is -2.24. The van der Waals surface area contributed by atoms with Gasteiger partial charge in [-0.05, 0) is 43.2 Å². The summed E-state index contributed by atoms with van der Waals surface area (Å²) in [4.78, 5) is 6.86. The van der Waals surface area contributed by atoms with Crippen molar-refractivity contribution in [3.8, 4) is 0 Å². The summed E-state index contributed by atoms with van der Waals surface area (Å²) >= 11 is 0. The minimum atomic E-state index is 0.524. The van der Waals surface area contributed by atoms with E-state index in [2.05, 4.69) is 29.8 Å². The van der Waals surface area contributed by atoms with Gasteiger partial charge >= 0.3 is 0 Å². The average Bonchev–Trinajstić information content (AvgIpc) is 2.64. The molecule has 100 valence electrons. The fourth-order valence-corrected chi connectivity index (χ4v) is 2.77. The monoisotopic (exact) mass is 247 g/mol. The van der Waals surface area contributed by atoms with Gasteiger partial charge in [-0.2, -0.15) is 0 Å². The smallest absolute Gasteiger partial charge is 0.0552 e. The van der Waals surface area contributed by atoms with Crippen molar-refractivity contribution in [1.29, 1.82) is 0 Å². The lowest BCUT2D eigenvalue weighted by atomic mass is 9.89. The van der Waals surface area contributed by atoms with Gasteiger partial charge in [0, 0.05) is 19.6 Å². The number of hydrogen-bond acceptors (Lipinski definition) is 3. The first-order chi connectivity index (χ1) is 8.70. The minimum absolute atomic E-state index is 0.524. The minimum Gasteiger partial charge on any atom is -0.370 e. The summed E-state index contributed by atoms with van der Waals surface area (Å²) < 4.78 is 0. The van der Waals surface area contributed by atoms with Crippen LogP contribution in [0.15, 0.2) is 18.3 Å². The van der Waals surface area contributed by atoms with E-state index in [9.17, 15) is 0 Å². The second-order valence-corrected chi connectivity index (χ2v) is 5.63. The van der Waals surface area contributed by atoms with Gasteiger partial charge in [-0.3, -0.25) is 4.98 Å². The van der Waals surface area contributed by atoms with E-state index >= 15 is 0 Å². The lowest BCUT2D eigenvalue weighted by Gasteiger charge is -2.23. The highest BCUT2D eigenvalue weighted by Gasteiger charge is 2.19. The molecule has 1 saturated heterocycles. The summed E-state index contributed by atoms with van der Waals surface area (Å²) in [5.41, 5.74) is 7.79. The van der Waals surface area contributed by atoms with E-state index in [0.717, 1.165) is 30.6 Å². The molecule has 2 rings (SSSR count). The Kier molecular flexibility index (Phi) is 4.59. The Labute approximate surface area is 110 Å². The van der Waals surface area contributed by atoms with Crippen molar-refractivity contribution in [2.24, 2.45) is 17.6 Å². The van der Waals surface area contributed by atoms with Gasteiger partial charge < -0.3 is 10.6 Å². The van der Waals surface area contributed by atoms with Crippen molar-refractivity contribution in [1.82, 2.24) is 4.98 Å². The SMILES string of the molecule is CC(C)C1CCCN(c2ccc(CN)nc2)CC1. The zero-order chi connectivity index (χ0) is 13.0.